The maximum Gasteiger partial charge on any atom is 0.264 e. The van der Waals surface area contributed by atoms with Gasteiger partial charge in [-0.25, -0.2) is 8.42 Å². The van der Waals surface area contributed by atoms with E-state index in [1.165, 1.54) is 29.2 Å². The van der Waals surface area contributed by atoms with Gasteiger partial charge in [0.25, 0.3) is 10.0 Å². The molecular weight excluding hydrogens is 606 g/mol. The van der Waals surface area contributed by atoms with Gasteiger partial charge < -0.3 is 10.2 Å². The Morgan fingerprint density at radius 2 is 1.49 bits per heavy atom. The summed E-state index contributed by atoms with van der Waals surface area (Å²) in [6.07, 6.45) is 0.997. The molecule has 0 heterocycles. The average molecular weight is 646 g/mol. The Labute approximate surface area is 271 Å². The number of hydrogen-bond donors (Lipinski definition) is 1. The highest BCUT2D eigenvalue weighted by Crippen LogP contribution is 2.28. The molecule has 1 N–H and O–H groups in total. The lowest BCUT2D eigenvalue weighted by Gasteiger charge is -2.34. The van der Waals surface area contributed by atoms with E-state index in [4.69, 9.17) is 11.6 Å². The topological polar surface area (TPSA) is 86.8 Å². The van der Waals surface area contributed by atoms with Gasteiger partial charge in [0.05, 0.1) is 10.6 Å². The minimum Gasteiger partial charge on any atom is -0.354 e. The van der Waals surface area contributed by atoms with Gasteiger partial charge >= 0.3 is 0 Å². The first-order valence-electron chi connectivity index (χ1n) is 15.0. The second kappa shape index (κ2) is 15.2. The number of anilines is 1. The number of amides is 2. The minimum atomic E-state index is -4.20. The van der Waals surface area contributed by atoms with Crippen LogP contribution in [0.2, 0.25) is 5.02 Å². The normalized spacial score (nSPS) is 11.9. The van der Waals surface area contributed by atoms with Crippen molar-refractivity contribution in [2.24, 2.45) is 0 Å². The van der Waals surface area contributed by atoms with E-state index in [0.29, 0.717) is 17.3 Å². The molecule has 0 aliphatic carbocycles. The fourth-order valence-corrected chi connectivity index (χ4v) is 6.57. The quantitative estimate of drug-likeness (QED) is 0.177. The van der Waals surface area contributed by atoms with Gasteiger partial charge in [-0.15, -0.1) is 0 Å². The SMILES string of the molecule is CCCNC(=O)C(Cc1ccccc1)N(Cc1ccccc1C)C(=O)CN(c1ccc(C)c(C)c1)S(=O)(=O)c1ccc(Cl)cc1. The van der Waals surface area contributed by atoms with Gasteiger partial charge in [0.15, 0.2) is 0 Å². The Hall–Kier alpha value is -4.14. The molecular formula is C36H40ClN3O4S. The molecule has 0 saturated heterocycles. The van der Waals surface area contributed by atoms with Crippen molar-refractivity contribution in [1.29, 1.82) is 0 Å². The van der Waals surface area contributed by atoms with Crippen LogP contribution >= 0.6 is 11.6 Å². The standard InChI is InChI=1S/C36H40ClN3O4S/c1-5-21-38-36(42)34(23-29-12-7-6-8-13-29)39(24-30-14-10-9-11-27(30)3)35(41)25-40(32-18-15-26(2)28(4)22-32)45(43,44)33-19-16-31(37)17-20-33/h6-20,22,34H,5,21,23-25H2,1-4H3,(H,38,42). The fraction of sp³-hybridized carbons (Fsp3) is 0.278. The van der Waals surface area contributed by atoms with Crippen LogP contribution in [0, 0.1) is 20.8 Å². The summed E-state index contributed by atoms with van der Waals surface area (Å²) in [5.41, 5.74) is 4.94. The maximum absolute atomic E-state index is 14.6. The molecule has 0 fully saturated rings. The summed E-state index contributed by atoms with van der Waals surface area (Å²) in [7, 11) is -4.20. The van der Waals surface area contributed by atoms with Crippen LogP contribution in [-0.4, -0.2) is 44.3 Å². The van der Waals surface area contributed by atoms with E-state index < -0.39 is 28.5 Å². The summed E-state index contributed by atoms with van der Waals surface area (Å²) in [4.78, 5) is 29.8. The number of nitrogens with one attached hydrogen (secondary N) is 1. The number of carbonyl (C=O) groups is 2. The second-order valence-electron chi connectivity index (χ2n) is 11.2. The monoisotopic (exact) mass is 645 g/mol. The molecule has 4 aromatic carbocycles. The predicted molar refractivity (Wildman–Crippen MR) is 181 cm³/mol. The van der Waals surface area contributed by atoms with Gasteiger partial charge in [-0.1, -0.05) is 79.2 Å². The zero-order valence-corrected chi connectivity index (χ0v) is 27.7. The van der Waals surface area contributed by atoms with E-state index in [0.717, 1.165) is 38.5 Å². The molecule has 4 aromatic rings. The van der Waals surface area contributed by atoms with Gasteiger partial charge in [0, 0.05) is 24.5 Å². The molecule has 9 heteroatoms. The first-order valence-corrected chi connectivity index (χ1v) is 16.8. The second-order valence-corrected chi connectivity index (χ2v) is 13.5. The highest BCUT2D eigenvalue weighted by Gasteiger charge is 2.34. The summed E-state index contributed by atoms with van der Waals surface area (Å²) < 4.78 is 29.5. The summed E-state index contributed by atoms with van der Waals surface area (Å²) in [6, 6.07) is 27.5. The molecule has 7 nitrogen and oxygen atoms in total. The average Bonchev–Trinajstić information content (AvgIpc) is 3.03. The van der Waals surface area contributed by atoms with Gasteiger partial charge in [-0.05, 0) is 91.4 Å². The van der Waals surface area contributed by atoms with Gasteiger partial charge in [-0.2, -0.15) is 0 Å². The number of nitrogens with zero attached hydrogens (tertiary/aromatic N) is 2. The van der Waals surface area contributed by atoms with Crippen molar-refractivity contribution in [3.63, 3.8) is 0 Å². The van der Waals surface area contributed by atoms with E-state index >= 15 is 0 Å². The number of rotatable bonds is 13. The van der Waals surface area contributed by atoms with E-state index in [1.54, 1.807) is 12.1 Å². The highest BCUT2D eigenvalue weighted by atomic mass is 35.5. The van der Waals surface area contributed by atoms with E-state index in [9.17, 15) is 18.0 Å². The molecule has 236 valence electrons. The van der Waals surface area contributed by atoms with E-state index in [1.807, 2.05) is 88.4 Å². The van der Waals surface area contributed by atoms with E-state index in [-0.39, 0.29) is 23.8 Å². The Balaban J connectivity index is 1.82. The molecule has 1 unspecified atom stereocenters. The highest BCUT2D eigenvalue weighted by molar-refractivity contribution is 7.92. The number of aryl methyl sites for hydroxylation is 3. The third-order valence-electron chi connectivity index (χ3n) is 7.88. The minimum absolute atomic E-state index is 0.00454. The smallest absolute Gasteiger partial charge is 0.264 e. The summed E-state index contributed by atoms with van der Waals surface area (Å²) in [6.45, 7) is 7.83. The largest absolute Gasteiger partial charge is 0.354 e. The molecule has 0 aromatic heterocycles. The zero-order chi connectivity index (χ0) is 32.6. The van der Waals surface area contributed by atoms with Crippen LogP contribution in [0.4, 0.5) is 5.69 Å². The van der Waals surface area contributed by atoms with Crippen molar-refractivity contribution in [3.8, 4) is 0 Å². The lowest BCUT2D eigenvalue weighted by Crippen LogP contribution is -2.53. The van der Waals surface area contributed by atoms with Crippen LogP contribution in [0.3, 0.4) is 0 Å². The first-order chi connectivity index (χ1) is 21.5. The molecule has 0 radical (unpaired) electrons. The van der Waals surface area contributed by atoms with Crippen molar-refractivity contribution >= 4 is 39.1 Å². The Kier molecular flexibility index (Phi) is 11.4. The molecule has 4 rings (SSSR count). The van der Waals surface area contributed by atoms with Crippen molar-refractivity contribution in [1.82, 2.24) is 10.2 Å². The molecule has 0 spiro atoms. The number of sulfonamides is 1. The predicted octanol–water partition coefficient (Wildman–Crippen LogP) is 6.63. The molecule has 2 amide bonds. The van der Waals surface area contributed by atoms with Crippen molar-refractivity contribution < 1.29 is 18.0 Å². The molecule has 0 aliphatic rings. The Bertz CT molecular complexity index is 1730. The molecule has 0 bridgehead atoms. The van der Waals surface area contributed by atoms with Crippen LogP contribution in [0.25, 0.3) is 0 Å². The van der Waals surface area contributed by atoms with Crippen LogP contribution < -0.4 is 9.62 Å². The molecule has 1 atom stereocenters. The van der Waals surface area contributed by atoms with Gasteiger partial charge in [0.2, 0.25) is 11.8 Å². The number of benzene rings is 4. The Morgan fingerprint density at radius 1 is 0.822 bits per heavy atom. The number of carbonyl (C=O) groups excluding carboxylic acids is 2. The lowest BCUT2D eigenvalue weighted by atomic mass is 10.0. The van der Waals surface area contributed by atoms with Crippen LogP contribution in [0.15, 0.2) is 102 Å². The molecule has 0 aliphatic heterocycles. The summed E-state index contributed by atoms with van der Waals surface area (Å²) in [5, 5.41) is 3.37. The van der Waals surface area contributed by atoms with Crippen molar-refractivity contribution in [2.45, 2.75) is 58.0 Å². The molecule has 45 heavy (non-hydrogen) atoms. The van der Waals surface area contributed by atoms with Crippen molar-refractivity contribution in [2.75, 3.05) is 17.4 Å². The Morgan fingerprint density at radius 3 is 2.13 bits per heavy atom. The van der Waals surface area contributed by atoms with Crippen LogP contribution in [-0.2, 0) is 32.6 Å². The first kappa shape index (κ1) is 33.7. The number of halogens is 1. The summed E-state index contributed by atoms with van der Waals surface area (Å²) >= 11 is 6.07. The number of hydrogen-bond acceptors (Lipinski definition) is 4. The fourth-order valence-electron chi connectivity index (χ4n) is 5.03. The lowest BCUT2D eigenvalue weighted by molar-refractivity contribution is -0.140. The zero-order valence-electron chi connectivity index (χ0n) is 26.2. The molecule has 0 saturated carbocycles. The van der Waals surface area contributed by atoms with Gasteiger partial charge in [-0.3, -0.25) is 13.9 Å². The van der Waals surface area contributed by atoms with Crippen LogP contribution in [0.5, 0.6) is 0 Å². The van der Waals surface area contributed by atoms with Crippen LogP contribution in [0.1, 0.15) is 41.2 Å². The van der Waals surface area contributed by atoms with E-state index in [2.05, 4.69) is 5.32 Å². The van der Waals surface area contributed by atoms with Gasteiger partial charge in [0.1, 0.15) is 12.6 Å². The summed E-state index contributed by atoms with van der Waals surface area (Å²) in [5.74, 6) is -0.789. The third kappa shape index (κ3) is 8.53. The van der Waals surface area contributed by atoms with Crippen molar-refractivity contribution in [3.05, 3.63) is 130 Å². The third-order valence-corrected chi connectivity index (χ3v) is 9.92. The maximum atomic E-state index is 14.6.